The Labute approximate surface area is 127 Å². The molecular formula is C18H26N2O. The Bertz CT molecular complexity index is 671. The van der Waals surface area contributed by atoms with Gasteiger partial charge < -0.3 is 0 Å². The van der Waals surface area contributed by atoms with Crippen molar-refractivity contribution in [2.45, 2.75) is 59.4 Å². The minimum atomic E-state index is -0.176. The van der Waals surface area contributed by atoms with Crippen molar-refractivity contribution >= 4 is 0 Å². The van der Waals surface area contributed by atoms with Gasteiger partial charge in [-0.2, -0.15) is 0 Å². The second kappa shape index (κ2) is 5.92. The Morgan fingerprint density at radius 1 is 1.24 bits per heavy atom. The van der Waals surface area contributed by atoms with Crippen LogP contribution in [0.15, 0.2) is 29.1 Å². The van der Waals surface area contributed by atoms with E-state index < -0.39 is 0 Å². The van der Waals surface area contributed by atoms with Crippen LogP contribution in [0.2, 0.25) is 0 Å². The van der Waals surface area contributed by atoms with Gasteiger partial charge in [0.1, 0.15) is 0 Å². The first kappa shape index (κ1) is 15.6. The van der Waals surface area contributed by atoms with Gasteiger partial charge in [-0.05, 0) is 24.8 Å². The summed E-state index contributed by atoms with van der Waals surface area (Å²) in [5, 5.41) is 3.34. The monoisotopic (exact) mass is 286 g/mol. The van der Waals surface area contributed by atoms with Crippen LogP contribution in [0.25, 0.3) is 11.3 Å². The molecular weight excluding hydrogens is 260 g/mol. The van der Waals surface area contributed by atoms with Crippen molar-refractivity contribution in [3.8, 4) is 11.3 Å². The van der Waals surface area contributed by atoms with Crippen LogP contribution < -0.4 is 5.56 Å². The van der Waals surface area contributed by atoms with Gasteiger partial charge in [0, 0.05) is 17.7 Å². The van der Waals surface area contributed by atoms with Crippen LogP contribution in [-0.4, -0.2) is 9.78 Å². The van der Waals surface area contributed by atoms with Gasteiger partial charge >= 0.3 is 0 Å². The number of rotatable bonds is 4. The Hall–Kier alpha value is -1.77. The lowest BCUT2D eigenvalue weighted by Crippen LogP contribution is -2.26. The number of benzene rings is 1. The van der Waals surface area contributed by atoms with Gasteiger partial charge in [0.15, 0.2) is 0 Å². The zero-order valence-corrected chi connectivity index (χ0v) is 13.8. The van der Waals surface area contributed by atoms with Gasteiger partial charge in [-0.15, -0.1) is 0 Å². The van der Waals surface area contributed by atoms with Crippen LogP contribution >= 0.6 is 0 Å². The highest BCUT2D eigenvalue weighted by Gasteiger charge is 2.26. The zero-order valence-electron chi connectivity index (χ0n) is 13.8. The summed E-state index contributed by atoms with van der Waals surface area (Å²) >= 11 is 0. The molecule has 0 spiro atoms. The molecule has 3 heteroatoms. The number of hydrogen-bond acceptors (Lipinski definition) is 1. The molecule has 21 heavy (non-hydrogen) atoms. The SMILES string of the molecule is CCCCn1[nH]c(-c2cccc(C)c2)c(C(C)(C)C)c1=O. The van der Waals surface area contributed by atoms with Crippen molar-refractivity contribution < 1.29 is 0 Å². The topological polar surface area (TPSA) is 37.8 Å². The lowest BCUT2D eigenvalue weighted by Gasteiger charge is -2.17. The van der Waals surface area contributed by atoms with E-state index in [1.165, 1.54) is 5.56 Å². The van der Waals surface area contributed by atoms with Crippen LogP contribution in [0, 0.1) is 6.92 Å². The molecule has 0 unspecified atom stereocenters. The third kappa shape index (κ3) is 3.29. The molecule has 0 aliphatic rings. The molecule has 0 saturated heterocycles. The van der Waals surface area contributed by atoms with Gasteiger partial charge in [0.2, 0.25) is 0 Å². The maximum absolute atomic E-state index is 12.7. The van der Waals surface area contributed by atoms with E-state index in [0.717, 1.165) is 36.2 Å². The van der Waals surface area contributed by atoms with Crippen LogP contribution in [0.3, 0.4) is 0 Å². The van der Waals surface area contributed by atoms with Gasteiger partial charge in [-0.1, -0.05) is 57.9 Å². The summed E-state index contributed by atoms with van der Waals surface area (Å²) in [5.41, 5.74) is 4.08. The highest BCUT2D eigenvalue weighted by molar-refractivity contribution is 5.64. The molecule has 2 rings (SSSR count). The van der Waals surface area contributed by atoms with E-state index in [1.54, 1.807) is 4.68 Å². The van der Waals surface area contributed by atoms with E-state index in [4.69, 9.17) is 0 Å². The summed E-state index contributed by atoms with van der Waals surface area (Å²) < 4.78 is 1.77. The summed E-state index contributed by atoms with van der Waals surface area (Å²) in [7, 11) is 0. The Morgan fingerprint density at radius 3 is 2.52 bits per heavy atom. The molecule has 1 aromatic heterocycles. The lowest BCUT2D eigenvalue weighted by atomic mass is 9.85. The summed E-state index contributed by atoms with van der Waals surface area (Å²) in [6, 6.07) is 8.31. The summed E-state index contributed by atoms with van der Waals surface area (Å²) in [4.78, 5) is 12.7. The molecule has 1 heterocycles. The van der Waals surface area contributed by atoms with Crippen molar-refractivity contribution in [2.24, 2.45) is 0 Å². The average Bonchev–Trinajstić information content (AvgIpc) is 2.73. The van der Waals surface area contributed by atoms with Crippen LogP contribution in [0.4, 0.5) is 0 Å². The number of nitrogens with zero attached hydrogens (tertiary/aromatic N) is 1. The first-order valence-corrected chi connectivity index (χ1v) is 7.75. The fourth-order valence-electron chi connectivity index (χ4n) is 2.66. The maximum Gasteiger partial charge on any atom is 0.270 e. The van der Waals surface area contributed by atoms with Crippen LogP contribution in [0.1, 0.15) is 51.7 Å². The minimum absolute atomic E-state index is 0.118. The highest BCUT2D eigenvalue weighted by atomic mass is 16.1. The number of aromatic nitrogens is 2. The van der Waals surface area contributed by atoms with Gasteiger partial charge in [0.05, 0.1) is 5.69 Å². The highest BCUT2D eigenvalue weighted by Crippen LogP contribution is 2.29. The molecule has 0 aliphatic carbocycles. The van der Waals surface area contributed by atoms with E-state index in [9.17, 15) is 4.79 Å². The number of aryl methyl sites for hydroxylation is 2. The third-order valence-electron chi connectivity index (χ3n) is 3.75. The van der Waals surface area contributed by atoms with Crippen molar-refractivity contribution in [3.05, 3.63) is 45.7 Å². The Balaban J connectivity index is 2.61. The van der Waals surface area contributed by atoms with Crippen molar-refractivity contribution in [3.63, 3.8) is 0 Å². The standard InChI is InChI=1S/C18H26N2O/c1-6-7-11-20-17(21)15(18(3,4)5)16(19-20)14-10-8-9-13(2)12-14/h8-10,12,19H,6-7,11H2,1-5H3. The number of unbranched alkanes of at least 4 members (excludes halogenated alkanes) is 1. The molecule has 1 N–H and O–H groups in total. The number of hydrogen-bond donors (Lipinski definition) is 1. The molecule has 0 radical (unpaired) electrons. The molecule has 3 nitrogen and oxygen atoms in total. The Morgan fingerprint density at radius 2 is 1.95 bits per heavy atom. The second-order valence-electron chi connectivity index (χ2n) is 6.79. The Kier molecular flexibility index (Phi) is 4.40. The van der Waals surface area contributed by atoms with E-state index >= 15 is 0 Å². The zero-order chi connectivity index (χ0) is 15.6. The predicted molar refractivity (Wildman–Crippen MR) is 88.8 cm³/mol. The predicted octanol–water partition coefficient (Wildman–Crippen LogP) is 4.25. The molecule has 0 saturated carbocycles. The second-order valence-corrected chi connectivity index (χ2v) is 6.79. The van der Waals surface area contributed by atoms with Crippen molar-refractivity contribution in [2.75, 3.05) is 0 Å². The van der Waals surface area contributed by atoms with Crippen LogP contribution in [0.5, 0.6) is 0 Å². The number of H-pyrrole nitrogens is 1. The van der Waals surface area contributed by atoms with Gasteiger partial charge in [-0.3, -0.25) is 14.6 Å². The van der Waals surface area contributed by atoms with Gasteiger partial charge in [0.25, 0.3) is 5.56 Å². The molecule has 0 aliphatic heterocycles. The van der Waals surface area contributed by atoms with Crippen LogP contribution in [-0.2, 0) is 12.0 Å². The quantitative estimate of drug-likeness (QED) is 0.896. The largest absolute Gasteiger partial charge is 0.295 e. The van der Waals surface area contributed by atoms with E-state index in [-0.39, 0.29) is 11.0 Å². The summed E-state index contributed by atoms with van der Waals surface area (Å²) in [6.45, 7) is 11.3. The first-order chi connectivity index (χ1) is 9.84. The minimum Gasteiger partial charge on any atom is -0.295 e. The van der Waals surface area contributed by atoms with Crippen molar-refractivity contribution in [1.29, 1.82) is 0 Å². The summed E-state index contributed by atoms with van der Waals surface area (Å²) in [6.07, 6.45) is 2.09. The first-order valence-electron chi connectivity index (χ1n) is 7.75. The fraction of sp³-hybridized carbons (Fsp3) is 0.500. The molecule has 0 atom stereocenters. The van der Waals surface area contributed by atoms with E-state index in [1.807, 2.05) is 6.07 Å². The average molecular weight is 286 g/mol. The molecule has 0 bridgehead atoms. The van der Waals surface area contributed by atoms with E-state index in [0.29, 0.717) is 0 Å². The fourth-order valence-corrected chi connectivity index (χ4v) is 2.66. The molecule has 114 valence electrons. The smallest absolute Gasteiger partial charge is 0.270 e. The lowest BCUT2D eigenvalue weighted by molar-refractivity contribution is 0.544. The molecule has 1 aromatic carbocycles. The third-order valence-corrected chi connectivity index (χ3v) is 3.75. The number of nitrogens with one attached hydrogen (secondary N) is 1. The maximum atomic E-state index is 12.7. The van der Waals surface area contributed by atoms with Crippen molar-refractivity contribution in [1.82, 2.24) is 9.78 Å². The van der Waals surface area contributed by atoms with E-state index in [2.05, 4.69) is 57.9 Å². The molecule has 0 fully saturated rings. The number of aromatic amines is 1. The summed E-state index contributed by atoms with van der Waals surface area (Å²) in [5.74, 6) is 0. The molecule has 2 aromatic rings. The van der Waals surface area contributed by atoms with Gasteiger partial charge in [-0.25, -0.2) is 0 Å². The normalized spacial score (nSPS) is 11.9. The molecule has 0 amide bonds.